The van der Waals surface area contributed by atoms with E-state index >= 15 is 0 Å². The number of aliphatic hydroxyl groups excluding tert-OH is 1. The van der Waals surface area contributed by atoms with E-state index in [1.807, 2.05) is 41.5 Å². The number of pyridine rings is 1. The van der Waals surface area contributed by atoms with Gasteiger partial charge in [-0.1, -0.05) is 113 Å². The van der Waals surface area contributed by atoms with Crippen LogP contribution in [0.3, 0.4) is 0 Å². The minimum Gasteiger partial charge on any atom is -0.512 e. The molecular formula is C38H52IrNO2-. The third kappa shape index (κ3) is 9.35. The number of carbonyl (C=O) groups excluding carboxylic acids is 1. The molecule has 2 aromatic carbocycles. The SMILES string of the molecule is CC(C)(C)C(=O)/C=C(\O)C(C)(C)C.Cc1[c-]c(-c2ccc3c(C(C)C4CCCC4)cccc3n2)cc(C(C)(C)C)c1.[Ir]. The van der Waals surface area contributed by atoms with Crippen molar-refractivity contribution in [3.05, 3.63) is 77.1 Å². The summed E-state index contributed by atoms with van der Waals surface area (Å²) in [4.78, 5) is 16.5. The molecule has 1 heterocycles. The van der Waals surface area contributed by atoms with E-state index in [9.17, 15) is 9.90 Å². The average Bonchev–Trinajstić information content (AvgIpc) is 3.41. The Morgan fingerprint density at radius 3 is 2.12 bits per heavy atom. The fourth-order valence-corrected chi connectivity index (χ4v) is 5.28. The number of carbonyl (C=O) groups is 1. The largest absolute Gasteiger partial charge is 0.512 e. The number of fused-ring (bicyclic) bond motifs is 1. The normalized spacial score (nSPS) is 15.5. The Morgan fingerprint density at radius 2 is 1.57 bits per heavy atom. The van der Waals surface area contributed by atoms with Gasteiger partial charge in [0.25, 0.3) is 0 Å². The van der Waals surface area contributed by atoms with Crippen molar-refractivity contribution in [1.82, 2.24) is 4.98 Å². The molecule has 0 spiro atoms. The Bertz CT molecular complexity index is 1390. The van der Waals surface area contributed by atoms with Crippen molar-refractivity contribution in [2.75, 3.05) is 0 Å². The Morgan fingerprint density at radius 1 is 0.952 bits per heavy atom. The molecule has 1 radical (unpaired) electrons. The zero-order chi connectivity index (χ0) is 30.8. The van der Waals surface area contributed by atoms with E-state index in [4.69, 9.17) is 4.98 Å². The van der Waals surface area contributed by atoms with Crippen molar-refractivity contribution in [3.63, 3.8) is 0 Å². The molecule has 4 heteroatoms. The Balaban J connectivity index is 0.000000377. The fourth-order valence-electron chi connectivity index (χ4n) is 5.28. The van der Waals surface area contributed by atoms with E-state index in [1.54, 1.807) is 0 Å². The second kappa shape index (κ2) is 14.0. The second-order valence-corrected chi connectivity index (χ2v) is 15.1. The number of aryl methyl sites for hydroxylation is 1. The first-order valence-electron chi connectivity index (χ1n) is 15.3. The summed E-state index contributed by atoms with van der Waals surface area (Å²) in [5.41, 5.74) is 6.56. The van der Waals surface area contributed by atoms with Crippen LogP contribution in [0.4, 0.5) is 0 Å². The van der Waals surface area contributed by atoms with Gasteiger partial charge in [0.2, 0.25) is 0 Å². The van der Waals surface area contributed by atoms with Gasteiger partial charge in [-0.05, 0) is 47.4 Å². The van der Waals surface area contributed by atoms with Crippen LogP contribution >= 0.6 is 0 Å². The summed E-state index contributed by atoms with van der Waals surface area (Å²) in [6.45, 7) is 22.4. The summed E-state index contributed by atoms with van der Waals surface area (Å²) in [5, 5.41) is 10.9. The van der Waals surface area contributed by atoms with E-state index in [-0.39, 0.29) is 42.5 Å². The van der Waals surface area contributed by atoms with Crippen molar-refractivity contribution in [3.8, 4) is 11.3 Å². The van der Waals surface area contributed by atoms with Gasteiger partial charge in [-0.3, -0.25) is 9.78 Å². The van der Waals surface area contributed by atoms with Gasteiger partial charge in [0.15, 0.2) is 5.78 Å². The molecule has 42 heavy (non-hydrogen) atoms. The van der Waals surface area contributed by atoms with Crippen LogP contribution in [0.5, 0.6) is 0 Å². The van der Waals surface area contributed by atoms with Gasteiger partial charge in [0.1, 0.15) is 5.76 Å². The second-order valence-electron chi connectivity index (χ2n) is 15.1. The molecule has 1 atom stereocenters. The van der Waals surface area contributed by atoms with Gasteiger partial charge in [-0.15, -0.1) is 34.9 Å². The summed E-state index contributed by atoms with van der Waals surface area (Å²) < 4.78 is 0. The maximum absolute atomic E-state index is 11.5. The maximum atomic E-state index is 11.5. The standard InChI is InChI=1S/C27H32N.C11H20O2.Ir/c1-18-15-21(17-22(16-18)27(3,4)5)25-14-13-24-23(11-8-12-26(24)28-25)19(2)20-9-6-7-10-20;1-10(2,3)8(12)7-9(13)11(4,5)6;/h8,11-14,16-17,19-20H,6-7,9-10H2,1-5H3;7,12H,1-6H3;/q-1;;/b;8-7-;. The van der Waals surface area contributed by atoms with Crippen molar-refractivity contribution in [1.29, 1.82) is 0 Å². The number of aliphatic hydroxyl groups is 1. The molecule has 1 saturated carbocycles. The Hall–Kier alpha value is -2.29. The maximum Gasteiger partial charge on any atom is 0.164 e. The first-order valence-corrected chi connectivity index (χ1v) is 15.3. The molecule has 0 saturated heterocycles. The molecule has 0 aliphatic heterocycles. The van der Waals surface area contributed by atoms with Crippen LogP contribution in [0.1, 0.15) is 118 Å². The first-order chi connectivity index (χ1) is 18.9. The predicted octanol–water partition coefficient (Wildman–Crippen LogP) is 10.7. The van der Waals surface area contributed by atoms with E-state index < -0.39 is 5.41 Å². The van der Waals surface area contributed by atoms with Gasteiger partial charge in [-0.2, -0.15) is 0 Å². The molecule has 1 fully saturated rings. The van der Waals surface area contributed by atoms with Crippen LogP contribution in [0.15, 0.2) is 54.3 Å². The molecule has 1 aliphatic carbocycles. The van der Waals surface area contributed by atoms with Crippen molar-refractivity contribution in [2.24, 2.45) is 16.7 Å². The third-order valence-corrected chi connectivity index (χ3v) is 8.28. The number of aromatic nitrogens is 1. The van der Waals surface area contributed by atoms with E-state index in [0.29, 0.717) is 5.92 Å². The van der Waals surface area contributed by atoms with Crippen molar-refractivity contribution in [2.45, 2.75) is 113 Å². The van der Waals surface area contributed by atoms with Crippen LogP contribution in [0, 0.1) is 29.7 Å². The van der Waals surface area contributed by atoms with Crippen LogP contribution in [0.2, 0.25) is 0 Å². The zero-order valence-electron chi connectivity index (χ0n) is 27.7. The molecule has 1 aliphatic rings. The molecule has 1 N–H and O–H groups in total. The van der Waals surface area contributed by atoms with Crippen LogP contribution < -0.4 is 0 Å². The number of ketones is 1. The fraction of sp³-hybridized carbons (Fsp3) is 0.526. The van der Waals surface area contributed by atoms with Gasteiger partial charge >= 0.3 is 0 Å². The summed E-state index contributed by atoms with van der Waals surface area (Å²) in [6, 6.07) is 19.1. The zero-order valence-corrected chi connectivity index (χ0v) is 30.1. The number of hydrogen-bond acceptors (Lipinski definition) is 3. The minimum absolute atomic E-state index is 0. The predicted molar refractivity (Wildman–Crippen MR) is 174 cm³/mol. The van der Waals surface area contributed by atoms with Gasteiger partial charge in [0.05, 0.1) is 5.52 Å². The van der Waals surface area contributed by atoms with Crippen LogP contribution in [-0.2, 0) is 30.3 Å². The van der Waals surface area contributed by atoms with E-state index in [2.05, 4.69) is 83.1 Å². The smallest absolute Gasteiger partial charge is 0.164 e. The number of nitrogens with zero attached hydrogens (tertiary/aromatic N) is 1. The van der Waals surface area contributed by atoms with E-state index in [1.165, 1.54) is 53.8 Å². The molecule has 1 unspecified atom stereocenters. The van der Waals surface area contributed by atoms with E-state index in [0.717, 1.165) is 22.7 Å². The van der Waals surface area contributed by atoms with Gasteiger partial charge in [0, 0.05) is 42.4 Å². The summed E-state index contributed by atoms with van der Waals surface area (Å²) in [5.74, 6) is 1.54. The quantitative estimate of drug-likeness (QED) is 0.164. The molecule has 0 amide bonds. The molecule has 231 valence electrons. The number of benzene rings is 2. The molecule has 0 bridgehead atoms. The van der Waals surface area contributed by atoms with Crippen molar-refractivity contribution >= 4 is 16.7 Å². The molecular weight excluding hydrogens is 695 g/mol. The third-order valence-electron chi connectivity index (χ3n) is 8.28. The number of rotatable bonds is 4. The van der Waals surface area contributed by atoms with Crippen LogP contribution in [0.25, 0.3) is 22.2 Å². The summed E-state index contributed by atoms with van der Waals surface area (Å²) in [7, 11) is 0. The molecule has 3 aromatic rings. The summed E-state index contributed by atoms with van der Waals surface area (Å²) in [6.07, 6.45) is 6.86. The Kier molecular flexibility index (Phi) is 12.0. The monoisotopic (exact) mass is 747 g/mol. The first kappa shape index (κ1) is 35.9. The topological polar surface area (TPSA) is 50.2 Å². The minimum atomic E-state index is -0.417. The van der Waals surface area contributed by atoms with Gasteiger partial charge in [-0.25, -0.2) is 0 Å². The number of allylic oxidation sites excluding steroid dienone is 2. The Labute approximate surface area is 269 Å². The molecule has 4 rings (SSSR count). The average molecular weight is 747 g/mol. The number of hydrogen-bond donors (Lipinski definition) is 1. The molecule has 3 nitrogen and oxygen atoms in total. The van der Waals surface area contributed by atoms with Crippen molar-refractivity contribution < 1.29 is 30.0 Å². The van der Waals surface area contributed by atoms with Crippen LogP contribution in [-0.4, -0.2) is 15.9 Å². The summed E-state index contributed by atoms with van der Waals surface area (Å²) >= 11 is 0. The van der Waals surface area contributed by atoms with Gasteiger partial charge < -0.3 is 5.11 Å². The molecule has 1 aromatic heterocycles.